The van der Waals surface area contributed by atoms with Crippen molar-refractivity contribution in [2.24, 2.45) is 7.05 Å². The Hall–Kier alpha value is -3.19. The molecule has 1 atom stereocenters. The van der Waals surface area contributed by atoms with Gasteiger partial charge in [0.2, 0.25) is 5.95 Å². The number of rotatable bonds is 4. The standard InChI is InChI=1S/C20H19ClN6O/c1-11-8-18(27(3)26-11)17-6-7-22-20(25-17)23-12(2)15-10-13-9-14(21)4-5-16(13)24-19(15)28/h4-10,12H,1-3H3,(H,24,28)(H,22,23,25)/t12-/m0/s1. The first-order valence-electron chi connectivity index (χ1n) is 8.84. The predicted molar refractivity (Wildman–Crippen MR) is 111 cm³/mol. The van der Waals surface area contributed by atoms with Gasteiger partial charge in [0.05, 0.1) is 23.1 Å². The number of aryl methyl sites for hydroxylation is 2. The van der Waals surface area contributed by atoms with Crippen LogP contribution in [-0.2, 0) is 7.05 Å². The third-order valence-corrected chi connectivity index (χ3v) is 4.80. The zero-order valence-corrected chi connectivity index (χ0v) is 16.4. The fourth-order valence-corrected chi connectivity index (χ4v) is 3.39. The molecule has 0 aliphatic rings. The second-order valence-corrected chi connectivity index (χ2v) is 7.15. The number of halogens is 1. The van der Waals surface area contributed by atoms with Gasteiger partial charge in [0, 0.05) is 34.7 Å². The Kier molecular flexibility index (Phi) is 4.60. The van der Waals surface area contributed by atoms with E-state index in [1.807, 2.05) is 45.2 Å². The molecular weight excluding hydrogens is 376 g/mol. The fourth-order valence-electron chi connectivity index (χ4n) is 3.21. The number of nitrogens with one attached hydrogen (secondary N) is 2. The van der Waals surface area contributed by atoms with E-state index in [0.29, 0.717) is 16.5 Å². The molecule has 0 saturated heterocycles. The van der Waals surface area contributed by atoms with E-state index in [1.54, 1.807) is 23.0 Å². The SMILES string of the molecule is Cc1cc(-c2ccnc(N[C@@H](C)c3cc4cc(Cl)ccc4[nH]c3=O)n2)n(C)n1. The van der Waals surface area contributed by atoms with Crippen LogP contribution in [-0.4, -0.2) is 24.7 Å². The maximum atomic E-state index is 12.5. The number of nitrogens with zero attached hydrogens (tertiary/aromatic N) is 4. The van der Waals surface area contributed by atoms with Crippen molar-refractivity contribution in [1.82, 2.24) is 24.7 Å². The predicted octanol–water partition coefficient (Wildman–Crippen LogP) is 3.85. The topological polar surface area (TPSA) is 88.5 Å². The molecule has 3 aromatic heterocycles. The molecule has 8 heteroatoms. The van der Waals surface area contributed by atoms with Gasteiger partial charge in [-0.1, -0.05) is 11.6 Å². The Labute approximate surface area is 166 Å². The lowest BCUT2D eigenvalue weighted by Gasteiger charge is -2.14. The van der Waals surface area contributed by atoms with E-state index >= 15 is 0 Å². The van der Waals surface area contributed by atoms with Crippen LogP contribution in [0.1, 0.15) is 24.2 Å². The summed E-state index contributed by atoms with van der Waals surface area (Å²) in [5.41, 5.74) is 3.74. The number of benzene rings is 1. The third kappa shape index (κ3) is 3.48. The molecule has 0 fully saturated rings. The molecule has 0 aliphatic heterocycles. The molecule has 4 aromatic rings. The van der Waals surface area contributed by atoms with Crippen LogP contribution in [0.5, 0.6) is 0 Å². The minimum atomic E-state index is -0.296. The fraction of sp³-hybridized carbons (Fsp3) is 0.200. The van der Waals surface area contributed by atoms with Crippen LogP contribution in [0.3, 0.4) is 0 Å². The Morgan fingerprint density at radius 3 is 2.79 bits per heavy atom. The average molecular weight is 395 g/mol. The first-order chi connectivity index (χ1) is 13.4. The van der Waals surface area contributed by atoms with E-state index in [1.165, 1.54) is 0 Å². The van der Waals surface area contributed by atoms with Crippen LogP contribution in [0.25, 0.3) is 22.3 Å². The second-order valence-electron chi connectivity index (χ2n) is 6.71. The third-order valence-electron chi connectivity index (χ3n) is 4.57. The van der Waals surface area contributed by atoms with Gasteiger partial charge >= 0.3 is 0 Å². The summed E-state index contributed by atoms with van der Waals surface area (Å²) in [6.45, 7) is 3.83. The van der Waals surface area contributed by atoms with Crippen LogP contribution in [0, 0.1) is 6.92 Å². The molecule has 2 N–H and O–H groups in total. The molecular formula is C20H19ClN6O. The number of hydrogen-bond acceptors (Lipinski definition) is 5. The van der Waals surface area contributed by atoms with Gasteiger partial charge in [-0.15, -0.1) is 0 Å². The van der Waals surface area contributed by atoms with Gasteiger partial charge in [0.15, 0.2) is 0 Å². The average Bonchev–Trinajstić information content (AvgIpc) is 3.00. The molecule has 7 nitrogen and oxygen atoms in total. The van der Waals surface area contributed by atoms with Crippen molar-refractivity contribution >= 4 is 28.5 Å². The number of fused-ring (bicyclic) bond motifs is 1. The monoisotopic (exact) mass is 394 g/mol. The summed E-state index contributed by atoms with van der Waals surface area (Å²) in [5, 5.41) is 9.05. The normalized spacial score (nSPS) is 12.3. The molecule has 0 saturated carbocycles. The lowest BCUT2D eigenvalue weighted by atomic mass is 10.1. The highest BCUT2D eigenvalue weighted by Crippen LogP contribution is 2.22. The van der Waals surface area contributed by atoms with Crippen molar-refractivity contribution in [1.29, 1.82) is 0 Å². The molecule has 0 bridgehead atoms. The van der Waals surface area contributed by atoms with Crippen LogP contribution in [0.4, 0.5) is 5.95 Å². The van der Waals surface area contributed by atoms with Gasteiger partial charge in [-0.05, 0) is 50.2 Å². The molecule has 142 valence electrons. The number of aromatic amines is 1. The highest BCUT2D eigenvalue weighted by atomic mass is 35.5. The maximum absolute atomic E-state index is 12.5. The van der Waals surface area contributed by atoms with Crippen LogP contribution in [0.2, 0.25) is 5.02 Å². The molecule has 0 aliphatic carbocycles. The summed E-state index contributed by atoms with van der Waals surface area (Å²) in [6.07, 6.45) is 1.68. The maximum Gasteiger partial charge on any atom is 0.253 e. The first kappa shape index (κ1) is 18.2. The molecule has 0 unspecified atom stereocenters. The minimum absolute atomic E-state index is 0.159. The van der Waals surface area contributed by atoms with Crippen molar-refractivity contribution < 1.29 is 0 Å². The zero-order chi connectivity index (χ0) is 19.8. The Morgan fingerprint density at radius 1 is 1.21 bits per heavy atom. The Morgan fingerprint density at radius 2 is 2.04 bits per heavy atom. The molecule has 1 aromatic carbocycles. The van der Waals surface area contributed by atoms with E-state index in [0.717, 1.165) is 28.0 Å². The van der Waals surface area contributed by atoms with Crippen molar-refractivity contribution in [3.05, 3.63) is 69.2 Å². The second kappa shape index (κ2) is 7.09. The van der Waals surface area contributed by atoms with Gasteiger partial charge in [-0.2, -0.15) is 5.10 Å². The molecule has 0 radical (unpaired) electrons. The number of H-pyrrole nitrogens is 1. The van der Waals surface area contributed by atoms with Gasteiger partial charge in [-0.3, -0.25) is 9.48 Å². The summed E-state index contributed by atoms with van der Waals surface area (Å²) >= 11 is 6.08. The van der Waals surface area contributed by atoms with E-state index in [-0.39, 0.29) is 11.6 Å². The van der Waals surface area contributed by atoms with Crippen LogP contribution < -0.4 is 10.9 Å². The van der Waals surface area contributed by atoms with E-state index in [4.69, 9.17) is 11.6 Å². The number of pyridine rings is 1. The smallest absolute Gasteiger partial charge is 0.253 e. The van der Waals surface area contributed by atoms with E-state index < -0.39 is 0 Å². The number of anilines is 1. The van der Waals surface area contributed by atoms with Gasteiger partial charge in [-0.25, -0.2) is 9.97 Å². The van der Waals surface area contributed by atoms with E-state index in [2.05, 4.69) is 25.4 Å². The van der Waals surface area contributed by atoms with Gasteiger partial charge in [0.1, 0.15) is 0 Å². The number of hydrogen-bond donors (Lipinski definition) is 2. The molecule has 3 heterocycles. The van der Waals surface area contributed by atoms with Crippen LogP contribution >= 0.6 is 11.6 Å². The van der Waals surface area contributed by atoms with Gasteiger partial charge < -0.3 is 10.3 Å². The summed E-state index contributed by atoms with van der Waals surface area (Å²) in [7, 11) is 1.87. The minimum Gasteiger partial charge on any atom is -0.347 e. The zero-order valence-electron chi connectivity index (χ0n) is 15.7. The van der Waals surface area contributed by atoms with Crippen molar-refractivity contribution in [2.75, 3.05) is 5.32 Å². The Bertz CT molecular complexity index is 1230. The molecule has 0 spiro atoms. The van der Waals surface area contributed by atoms with Crippen LogP contribution in [0.15, 0.2) is 47.4 Å². The summed E-state index contributed by atoms with van der Waals surface area (Å²) in [4.78, 5) is 24.3. The highest BCUT2D eigenvalue weighted by molar-refractivity contribution is 6.31. The van der Waals surface area contributed by atoms with Crippen molar-refractivity contribution in [3.8, 4) is 11.4 Å². The highest BCUT2D eigenvalue weighted by Gasteiger charge is 2.14. The Balaban J connectivity index is 1.65. The molecule has 0 amide bonds. The van der Waals surface area contributed by atoms with Crippen molar-refractivity contribution in [2.45, 2.75) is 19.9 Å². The summed E-state index contributed by atoms with van der Waals surface area (Å²) in [6, 6.07) is 10.7. The largest absolute Gasteiger partial charge is 0.347 e. The summed E-state index contributed by atoms with van der Waals surface area (Å²) in [5.74, 6) is 0.439. The summed E-state index contributed by atoms with van der Waals surface area (Å²) < 4.78 is 1.78. The van der Waals surface area contributed by atoms with E-state index in [9.17, 15) is 4.79 Å². The van der Waals surface area contributed by atoms with Crippen molar-refractivity contribution in [3.63, 3.8) is 0 Å². The van der Waals surface area contributed by atoms with Gasteiger partial charge in [0.25, 0.3) is 5.56 Å². The first-order valence-corrected chi connectivity index (χ1v) is 9.21. The molecule has 28 heavy (non-hydrogen) atoms. The number of aromatic nitrogens is 5. The quantitative estimate of drug-likeness (QED) is 0.548. The molecule has 4 rings (SSSR count). The lowest BCUT2D eigenvalue weighted by Crippen LogP contribution is -2.20. The lowest BCUT2D eigenvalue weighted by molar-refractivity contribution is 0.761.